The van der Waals surface area contributed by atoms with E-state index in [4.69, 9.17) is 9.15 Å². The molecule has 0 amide bonds. The molecule has 3 rings (SSSR count). The summed E-state index contributed by atoms with van der Waals surface area (Å²) in [7, 11) is 0. The van der Waals surface area contributed by atoms with Crippen molar-refractivity contribution in [3.63, 3.8) is 0 Å². The number of aryl methyl sites for hydroxylation is 1. The summed E-state index contributed by atoms with van der Waals surface area (Å²) in [6.45, 7) is 7.14. The van der Waals surface area contributed by atoms with Crippen molar-refractivity contribution in [2.45, 2.75) is 33.1 Å². The van der Waals surface area contributed by atoms with Gasteiger partial charge >= 0.3 is 0 Å². The molecule has 1 aromatic carbocycles. The van der Waals surface area contributed by atoms with E-state index in [1.165, 1.54) is 0 Å². The number of ketones is 1. The Hall–Kier alpha value is -2.07. The zero-order chi connectivity index (χ0) is 16.9. The summed E-state index contributed by atoms with van der Waals surface area (Å²) in [5, 5.41) is 0.920. The number of ether oxygens (including phenoxy) is 1. The molecular weight excluding hydrogens is 302 g/mol. The minimum Gasteiger partial charge on any atom is -0.460 e. The second-order valence-electron chi connectivity index (χ2n) is 6.29. The largest absolute Gasteiger partial charge is 0.460 e. The van der Waals surface area contributed by atoms with Gasteiger partial charge < -0.3 is 14.1 Å². The molecule has 24 heavy (non-hydrogen) atoms. The smallest absolute Gasteiger partial charge is 0.194 e. The summed E-state index contributed by atoms with van der Waals surface area (Å²) in [6, 6.07) is 7.81. The van der Waals surface area contributed by atoms with E-state index >= 15 is 0 Å². The van der Waals surface area contributed by atoms with E-state index in [1.54, 1.807) is 0 Å². The van der Waals surface area contributed by atoms with Crippen molar-refractivity contribution in [2.75, 3.05) is 26.3 Å². The van der Waals surface area contributed by atoms with Gasteiger partial charge in [-0.25, -0.2) is 0 Å². The first-order chi connectivity index (χ1) is 11.7. The minimum atomic E-state index is 0.0672. The number of hydrogen-bond acceptors (Lipinski definition) is 4. The Kier molecular flexibility index (Phi) is 5.36. The third-order valence-electron chi connectivity index (χ3n) is 4.43. The second kappa shape index (κ2) is 7.67. The van der Waals surface area contributed by atoms with Crippen LogP contribution >= 0.6 is 0 Å². The van der Waals surface area contributed by atoms with E-state index in [0.717, 1.165) is 60.2 Å². The number of allylic oxidation sites excluding steroid dienone is 1. The molecule has 0 atom stereocenters. The van der Waals surface area contributed by atoms with E-state index in [9.17, 15) is 4.79 Å². The van der Waals surface area contributed by atoms with E-state index in [-0.39, 0.29) is 5.78 Å². The lowest BCUT2D eigenvalue weighted by Gasteiger charge is -2.25. The van der Waals surface area contributed by atoms with Crippen LogP contribution in [0.1, 0.15) is 42.8 Å². The Morgan fingerprint density at radius 3 is 2.75 bits per heavy atom. The molecule has 0 aliphatic carbocycles. The molecule has 128 valence electrons. The Balaban J connectivity index is 1.93. The van der Waals surface area contributed by atoms with Gasteiger partial charge in [0.1, 0.15) is 11.3 Å². The van der Waals surface area contributed by atoms with Crippen molar-refractivity contribution in [3.8, 4) is 0 Å². The molecule has 0 radical (unpaired) electrons. The normalized spacial score (nSPS) is 15.9. The van der Waals surface area contributed by atoms with Crippen molar-refractivity contribution in [1.82, 2.24) is 4.90 Å². The molecule has 4 nitrogen and oxygen atoms in total. The van der Waals surface area contributed by atoms with E-state index in [2.05, 4.69) is 11.8 Å². The van der Waals surface area contributed by atoms with Gasteiger partial charge in [0, 0.05) is 36.7 Å². The number of morpholine rings is 1. The zero-order valence-corrected chi connectivity index (χ0v) is 14.5. The minimum absolute atomic E-state index is 0.0672. The first kappa shape index (κ1) is 16.8. The number of rotatable bonds is 6. The Bertz CT molecular complexity index is 738. The fraction of sp³-hybridized carbons (Fsp3) is 0.450. The number of nitrogens with zero attached hydrogens (tertiary/aromatic N) is 1. The Morgan fingerprint density at radius 2 is 2.00 bits per heavy atom. The van der Waals surface area contributed by atoms with E-state index in [0.29, 0.717) is 13.2 Å². The number of unbranched alkanes of at least 4 members (excludes halogenated alkanes) is 1. The van der Waals surface area contributed by atoms with Crippen LogP contribution in [-0.4, -0.2) is 37.0 Å². The molecule has 2 aromatic rings. The van der Waals surface area contributed by atoms with Gasteiger partial charge in [0.25, 0.3) is 0 Å². The number of furan rings is 1. The maximum absolute atomic E-state index is 13.1. The van der Waals surface area contributed by atoms with Gasteiger partial charge in [-0.1, -0.05) is 31.5 Å². The fourth-order valence-corrected chi connectivity index (χ4v) is 3.09. The summed E-state index contributed by atoms with van der Waals surface area (Å²) in [5.74, 6) is 0.885. The van der Waals surface area contributed by atoms with Gasteiger partial charge in [0.2, 0.25) is 0 Å². The van der Waals surface area contributed by atoms with Crippen molar-refractivity contribution >= 4 is 16.8 Å². The van der Waals surface area contributed by atoms with Gasteiger partial charge in [0.05, 0.1) is 18.8 Å². The molecule has 0 spiro atoms. The standard InChI is InChI=1S/C20H25NO3/c1-3-4-8-18-19(16-7-5-6-9-17(16)24-18)20(22)15(2)14-21-10-12-23-13-11-21/h5-7,9,14H,3-4,8,10-13H2,1-2H3/b15-14+. The van der Waals surface area contributed by atoms with Crippen LogP contribution in [0.3, 0.4) is 0 Å². The van der Waals surface area contributed by atoms with Gasteiger partial charge in [-0.05, 0) is 19.4 Å². The lowest BCUT2D eigenvalue weighted by atomic mass is 9.99. The van der Waals surface area contributed by atoms with Gasteiger partial charge in [-0.3, -0.25) is 4.79 Å². The molecule has 0 saturated carbocycles. The van der Waals surface area contributed by atoms with Crippen molar-refractivity contribution in [2.24, 2.45) is 0 Å². The maximum Gasteiger partial charge on any atom is 0.194 e. The van der Waals surface area contributed by atoms with Crippen LogP contribution in [-0.2, 0) is 11.2 Å². The Labute approximate surface area is 143 Å². The number of benzene rings is 1. The highest BCUT2D eigenvalue weighted by atomic mass is 16.5. The molecule has 2 heterocycles. The molecule has 4 heteroatoms. The fourth-order valence-electron chi connectivity index (χ4n) is 3.09. The van der Waals surface area contributed by atoms with Crippen LogP contribution < -0.4 is 0 Å². The second-order valence-corrected chi connectivity index (χ2v) is 6.29. The van der Waals surface area contributed by atoms with Crippen molar-refractivity contribution < 1.29 is 13.9 Å². The maximum atomic E-state index is 13.1. The predicted octanol–water partition coefficient (Wildman–Crippen LogP) is 4.19. The van der Waals surface area contributed by atoms with Gasteiger partial charge in [-0.15, -0.1) is 0 Å². The number of para-hydroxylation sites is 1. The molecule has 1 aliphatic heterocycles. The third kappa shape index (κ3) is 3.54. The quantitative estimate of drug-likeness (QED) is 0.589. The molecule has 1 aliphatic rings. The van der Waals surface area contributed by atoms with Gasteiger partial charge in [-0.2, -0.15) is 0 Å². The molecule has 0 N–H and O–H groups in total. The lowest BCUT2D eigenvalue weighted by molar-refractivity contribution is 0.0588. The zero-order valence-electron chi connectivity index (χ0n) is 14.5. The lowest BCUT2D eigenvalue weighted by Crippen LogP contribution is -2.32. The monoisotopic (exact) mass is 327 g/mol. The third-order valence-corrected chi connectivity index (χ3v) is 4.43. The van der Waals surface area contributed by atoms with Crippen LogP contribution in [0, 0.1) is 0 Å². The average molecular weight is 327 g/mol. The number of Topliss-reactive ketones (excluding diaryl/α,β-unsaturated/α-hetero) is 1. The van der Waals surface area contributed by atoms with Crippen LogP contribution in [0.25, 0.3) is 11.0 Å². The molecule has 0 unspecified atom stereocenters. The summed E-state index contributed by atoms with van der Waals surface area (Å²) < 4.78 is 11.3. The van der Waals surface area contributed by atoms with E-state index in [1.807, 2.05) is 37.4 Å². The number of carbonyl (C=O) groups is 1. The van der Waals surface area contributed by atoms with E-state index < -0.39 is 0 Å². The summed E-state index contributed by atoms with van der Waals surface area (Å²) in [5.41, 5.74) is 2.29. The first-order valence-corrected chi connectivity index (χ1v) is 8.76. The van der Waals surface area contributed by atoms with Crippen molar-refractivity contribution in [3.05, 3.63) is 47.4 Å². The van der Waals surface area contributed by atoms with Crippen LogP contribution in [0.4, 0.5) is 0 Å². The number of carbonyl (C=O) groups excluding carboxylic acids is 1. The first-order valence-electron chi connectivity index (χ1n) is 8.76. The van der Waals surface area contributed by atoms with Gasteiger partial charge in [0.15, 0.2) is 5.78 Å². The average Bonchev–Trinajstić information content (AvgIpc) is 2.98. The number of fused-ring (bicyclic) bond motifs is 1. The highest BCUT2D eigenvalue weighted by Crippen LogP contribution is 2.29. The number of hydrogen-bond donors (Lipinski definition) is 0. The SMILES string of the molecule is CCCCc1oc2ccccc2c1C(=O)/C(C)=C/N1CCOCC1. The van der Waals surface area contributed by atoms with Crippen LogP contribution in [0.5, 0.6) is 0 Å². The van der Waals surface area contributed by atoms with Crippen molar-refractivity contribution in [1.29, 1.82) is 0 Å². The summed E-state index contributed by atoms with van der Waals surface area (Å²) in [4.78, 5) is 15.2. The summed E-state index contributed by atoms with van der Waals surface area (Å²) >= 11 is 0. The highest BCUT2D eigenvalue weighted by molar-refractivity contribution is 6.16. The molecule has 1 saturated heterocycles. The summed E-state index contributed by atoms with van der Waals surface area (Å²) in [6.07, 6.45) is 4.87. The van der Waals surface area contributed by atoms with Crippen LogP contribution in [0.2, 0.25) is 0 Å². The molecular formula is C20H25NO3. The van der Waals surface area contributed by atoms with Crippen LogP contribution in [0.15, 0.2) is 40.5 Å². The molecule has 1 aromatic heterocycles. The predicted molar refractivity (Wildman–Crippen MR) is 95.3 cm³/mol. The molecule has 1 fully saturated rings. The molecule has 0 bridgehead atoms. The Morgan fingerprint density at radius 1 is 1.25 bits per heavy atom. The topological polar surface area (TPSA) is 42.7 Å². The highest BCUT2D eigenvalue weighted by Gasteiger charge is 2.22.